The largest absolute Gasteiger partial charge is 0.492 e. The number of methoxy groups -OCH3 is 1. The average molecular weight is 322 g/mol. The number of hydrogen-bond acceptors (Lipinski definition) is 4. The molecule has 1 aliphatic heterocycles. The zero-order valence-corrected chi connectivity index (χ0v) is 15.4. The lowest BCUT2D eigenvalue weighted by molar-refractivity contribution is 0.0894. The van der Waals surface area contributed by atoms with E-state index in [1.165, 1.54) is 5.56 Å². The van der Waals surface area contributed by atoms with Gasteiger partial charge in [-0.1, -0.05) is 32.9 Å². The van der Waals surface area contributed by atoms with Crippen LogP contribution in [0.25, 0.3) is 0 Å². The van der Waals surface area contributed by atoms with Crippen molar-refractivity contribution in [1.82, 2.24) is 9.80 Å². The molecule has 1 aliphatic rings. The lowest BCUT2D eigenvalue weighted by Crippen LogP contribution is -2.48. The maximum atomic E-state index is 5.82. The minimum atomic E-state index is 0.767. The van der Waals surface area contributed by atoms with E-state index in [0.29, 0.717) is 0 Å². The molecule has 0 bridgehead atoms. The van der Waals surface area contributed by atoms with Crippen LogP contribution in [0, 0.1) is 0 Å². The van der Waals surface area contributed by atoms with Crippen molar-refractivity contribution in [3.63, 3.8) is 0 Å². The molecule has 1 heterocycles. The number of aryl methyl sites for hydroxylation is 1. The Balaban J connectivity index is 0.00000127. The van der Waals surface area contributed by atoms with Gasteiger partial charge in [0.25, 0.3) is 0 Å². The summed E-state index contributed by atoms with van der Waals surface area (Å²) in [7, 11) is 1.76. The van der Waals surface area contributed by atoms with E-state index in [1.807, 2.05) is 13.8 Å². The molecule has 4 heteroatoms. The van der Waals surface area contributed by atoms with Crippen LogP contribution in [-0.2, 0) is 11.2 Å². The molecule has 4 nitrogen and oxygen atoms in total. The normalized spacial score (nSPS) is 15.8. The summed E-state index contributed by atoms with van der Waals surface area (Å²) in [4.78, 5) is 4.94. The van der Waals surface area contributed by atoms with E-state index >= 15 is 0 Å². The van der Waals surface area contributed by atoms with E-state index in [2.05, 4.69) is 41.0 Å². The van der Waals surface area contributed by atoms with Gasteiger partial charge in [0.2, 0.25) is 0 Å². The minimum absolute atomic E-state index is 0.767. The summed E-state index contributed by atoms with van der Waals surface area (Å²) in [5.74, 6) is 0.978. The van der Waals surface area contributed by atoms with Crippen LogP contribution in [0.4, 0.5) is 0 Å². The summed E-state index contributed by atoms with van der Waals surface area (Å²) < 4.78 is 11.0. The van der Waals surface area contributed by atoms with E-state index in [9.17, 15) is 0 Å². The molecule has 132 valence electrons. The number of piperazine rings is 1. The number of rotatable bonds is 8. The number of nitrogens with zero attached hydrogens (tertiary/aromatic N) is 2. The fourth-order valence-electron chi connectivity index (χ4n) is 2.57. The number of benzene rings is 1. The Bertz CT molecular complexity index is 387. The van der Waals surface area contributed by atoms with Crippen LogP contribution in [0.1, 0.15) is 26.3 Å². The lowest BCUT2D eigenvalue weighted by atomic mass is 10.2. The minimum Gasteiger partial charge on any atom is -0.492 e. The van der Waals surface area contributed by atoms with Crippen LogP contribution >= 0.6 is 0 Å². The fourth-order valence-corrected chi connectivity index (χ4v) is 2.57. The van der Waals surface area contributed by atoms with Gasteiger partial charge in [0, 0.05) is 46.4 Å². The third-order valence-corrected chi connectivity index (χ3v) is 4.08. The Kier molecular flexibility index (Phi) is 10.7. The topological polar surface area (TPSA) is 24.9 Å². The van der Waals surface area contributed by atoms with E-state index in [4.69, 9.17) is 9.47 Å². The summed E-state index contributed by atoms with van der Waals surface area (Å²) in [5.41, 5.74) is 1.36. The van der Waals surface area contributed by atoms with Gasteiger partial charge in [-0.25, -0.2) is 0 Å². The molecule has 1 aromatic carbocycles. The summed E-state index contributed by atoms with van der Waals surface area (Å²) in [6.07, 6.45) is 1.08. The van der Waals surface area contributed by atoms with Crippen LogP contribution in [0.3, 0.4) is 0 Å². The highest BCUT2D eigenvalue weighted by atomic mass is 16.5. The summed E-state index contributed by atoms with van der Waals surface area (Å²) in [6.45, 7) is 14.3. The quantitative estimate of drug-likeness (QED) is 0.735. The van der Waals surface area contributed by atoms with Crippen LogP contribution in [0.15, 0.2) is 24.3 Å². The van der Waals surface area contributed by atoms with Gasteiger partial charge in [0.1, 0.15) is 12.4 Å². The van der Waals surface area contributed by atoms with Crippen molar-refractivity contribution in [2.45, 2.75) is 27.2 Å². The van der Waals surface area contributed by atoms with Crippen LogP contribution in [0.2, 0.25) is 0 Å². The molecule has 0 aliphatic carbocycles. The fraction of sp³-hybridized carbons (Fsp3) is 0.684. The molecule has 0 atom stereocenters. The summed E-state index contributed by atoms with van der Waals surface area (Å²) >= 11 is 0. The van der Waals surface area contributed by atoms with E-state index < -0.39 is 0 Å². The highest BCUT2D eigenvalue weighted by molar-refractivity contribution is 5.27. The molecular weight excluding hydrogens is 288 g/mol. The van der Waals surface area contributed by atoms with Crippen LogP contribution in [-0.4, -0.2) is 69.4 Å². The Morgan fingerprint density at radius 1 is 0.870 bits per heavy atom. The standard InChI is InChI=1S/C17H28N2O2.C2H6/c1-3-16-4-6-17(7-5-16)21-15-13-19-10-8-18(9-11-19)12-14-20-2;1-2/h4-7H,3,8-15H2,1-2H3;1-2H3. The molecule has 0 amide bonds. The maximum Gasteiger partial charge on any atom is 0.119 e. The zero-order chi connectivity index (χ0) is 16.9. The Labute approximate surface area is 142 Å². The first-order valence-electron chi connectivity index (χ1n) is 8.97. The second-order valence-electron chi connectivity index (χ2n) is 5.52. The van der Waals surface area contributed by atoms with Crippen LogP contribution in [0.5, 0.6) is 5.75 Å². The predicted octanol–water partition coefficient (Wildman–Crippen LogP) is 2.92. The van der Waals surface area contributed by atoms with Gasteiger partial charge in [-0.3, -0.25) is 9.80 Å². The molecule has 0 N–H and O–H groups in total. The molecular formula is C19H34N2O2. The summed E-state index contributed by atoms with van der Waals surface area (Å²) in [6, 6.07) is 8.43. The Hall–Kier alpha value is -1.10. The van der Waals surface area contributed by atoms with Gasteiger partial charge >= 0.3 is 0 Å². The number of hydrogen-bond donors (Lipinski definition) is 0. The van der Waals surface area contributed by atoms with E-state index in [-0.39, 0.29) is 0 Å². The first-order chi connectivity index (χ1) is 11.3. The van der Waals surface area contributed by atoms with Crippen molar-refractivity contribution in [2.75, 3.05) is 59.6 Å². The van der Waals surface area contributed by atoms with Crippen molar-refractivity contribution in [2.24, 2.45) is 0 Å². The molecule has 0 saturated carbocycles. The average Bonchev–Trinajstić information content (AvgIpc) is 2.63. The Morgan fingerprint density at radius 3 is 1.87 bits per heavy atom. The van der Waals surface area contributed by atoms with Gasteiger partial charge in [0.05, 0.1) is 6.61 Å². The molecule has 2 rings (SSSR count). The van der Waals surface area contributed by atoms with Gasteiger partial charge in [-0.05, 0) is 24.1 Å². The molecule has 1 fully saturated rings. The van der Waals surface area contributed by atoms with E-state index in [1.54, 1.807) is 7.11 Å². The molecule has 0 spiro atoms. The molecule has 0 unspecified atom stereocenters. The van der Waals surface area contributed by atoms with Gasteiger partial charge in [0.15, 0.2) is 0 Å². The molecule has 1 aromatic rings. The van der Waals surface area contributed by atoms with Gasteiger partial charge in [-0.2, -0.15) is 0 Å². The third kappa shape index (κ3) is 7.82. The van der Waals surface area contributed by atoms with Gasteiger partial charge in [-0.15, -0.1) is 0 Å². The van der Waals surface area contributed by atoms with Gasteiger partial charge < -0.3 is 9.47 Å². The first kappa shape index (κ1) is 19.9. The van der Waals surface area contributed by atoms with Crippen molar-refractivity contribution in [3.8, 4) is 5.75 Å². The SMILES string of the molecule is CC.CCc1ccc(OCCN2CCN(CCOC)CC2)cc1. The first-order valence-corrected chi connectivity index (χ1v) is 8.97. The highest BCUT2D eigenvalue weighted by Crippen LogP contribution is 2.12. The molecule has 23 heavy (non-hydrogen) atoms. The predicted molar refractivity (Wildman–Crippen MR) is 97.4 cm³/mol. The maximum absolute atomic E-state index is 5.82. The highest BCUT2D eigenvalue weighted by Gasteiger charge is 2.15. The Morgan fingerprint density at radius 2 is 1.39 bits per heavy atom. The summed E-state index contributed by atoms with van der Waals surface area (Å²) in [5, 5.41) is 0. The molecule has 1 saturated heterocycles. The lowest BCUT2D eigenvalue weighted by Gasteiger charge is -2.34. The second-order valence-corrected chi connectivity index (χ2v) is 5.52. The number of ether oxygens (including phenoxy) is 2. The third-order valence-electron chi connectivity index (χ3n) is 4.08. The van der Waals surface area contributed by atoms with Crippen molar-refractivity contribution < 1.29 is 9.47 Å². The molecule has 0 radical (unpaired) electrons. The zero-order valence-electron chi connectivity index (χ0n) is 15.4. The monoisotopic (exact) mass is 322 g/mol. The van der Waals surface area contributed by atoms with Crippen LogP contribution < -0.4 is 4.74 Å². The second kappa shape index (κ2) is 12.3. The van der Waals surface area contributed by atoms with Crippen molar-refractivity contribution >= 4 is 0 Å². The van der Waals surface area contributed by atoms with E-state index in [0.717, 1.165) is 64.7 Å². The molecule has 0 aromatic heterocycles. The van der Waals surface area contributed by atoms with Crippen molar-refractivity contribution in [1.29, 1.82) is 0 Å². The van der Waals surface area contributed by atoms with Crippen molar-refractivity contribution in [3.05, 3.63) is 29.8 Å². The smallest absolute Gasteiger partial charge is 0.119 e.